The normalized spacial score (nSPS) is 15.6. The first-order valence-electron chi connectivity index (χ1n) is 9.56. The van der Waals surface area contributed by atoms with E-state index in [-0.39, 0.29) is 30.7 Å². The van der Waals surface area contributed by atoms with Crippen molar-refractivity contribution in [3.63, 3.8) is 0 Å². The van der Waals surface area contributed by atoms with Gasteiger partial charge < -0.3 is 9.74 Å². The van der Waals surface area contributed by atoms with Crippen LogP contribution in [-0.4, -0.2) is 29.2 Å². The predicted octanol–water partition coefficient (Wildman–Crippen LogP) is 5.17. The molecule has 1 unspecified atom stereocenters. The summed E-state index contributed by atoms with van der Waals surface area (Å²) in [5.74, 6) is -1.55. The van der Waals surface area contributed by atoms with E-state index in [1.165, 1.54) is 28.4 Å². The van der Waals surface area contributed by atoms with E-state index in [9.17, 15) is 13.6 Å². The van der Waals surface area contributed by atoms with Crippen molar-refractivity contribution >= 4 is 23.0 Å². The second-order valence-corrected chi connectivity index (χ2v) is 8.13. The maximum Gasteiger partial charge on any atom is 0.264 e. The predicted molar refractivity (Wildman–Crippen MR) is 113 cm³/mol. The molecule has 1 aliphatic heterocycles. The van der Waals surface area contributed by atoms with E-state index in [2.05, 4.69) is 5.16 Å². The van der Waals surface area contributed by atoms with Crippen LogP contribution in [0.1, 0.15) is 32.8 Å². The fourth-order valence-corrected chi connectivity index (χ4v) is 4.15. The van der Waals surface area contributed by atoms with Gasteiger partial charge in [0.2, 0.25) is 0 Å². The van der Waals surface area contributed by atoms with Gasteiger partial charge in [-0.15, -0.1) is 11.3 Å². The number of halogens is 2. The van der Waals surface area contributed by atoms with Crippen molar-refractivity contribution in [2.75, 3.05) is 6.54 Å². The Hall–Kier alpha value is -3.06. The number of rotatable bonds is 6. The van der Waals surface area contributed by atoms with Crippen LogP contribution in [0.4, 0.5) is 8.78 Å². The Balaban J connectivity index is 1.52. The maximum absolute atomic E-state index is 14.2. The second-order valence-electron chi connectivity index (χ2n) is 7.18. The van der Waals surface area contributed by atoms with Gasteiger partial charge in [-0.25, -0.2) is 8.78 Å². The van der Waals surface area contributed by atoms with Gasteiger partial charge in [-0.3, -0.25) is 4.79 Å². The fraction of sp³-hybridized carbons (Fsp3) is 0.217. The van der Waals surface area contributed by atoms with E-state index in [0.717, 1.165) is 22.9 Å². The lowest BCUT2D eigenvalue weighted by Gasteiger charge is -2.24. The number of carbonyl (C=O) groups is 1. The van der Waals surface area contributed by atoms with Crippen LogP contribution in [0.3, 0.4) is 0 Å². The van der Waals surface area contributed by atoms with E-state index in [4.69, 9.17) is 4.84 Å². The smallest absolute Gasteiger partial charge is 0.264 e. The Kier molecular flexibility index (Phi) is 5.90. The van der Waals surface area contributed by atoms with Gasteiger partial charge in [0.25, 0.3) is 5.91 Å². The van der Waals surface area contributed by atoms with Crippen molar-refractivity contribution in [2.24, 2.45) is 5.16 Å². The zero-order chi connectivity index (χ0) is 21.1. The van der Waals surface area contributed by atoms with Crippen molar-refractivity contribution in [2.45, 2.75) is 26.0 Å². The molecule has 2 aromatic carbocycles. The Bertz CT molecular complexity index is 1080. The number of benzene rings is 2. The topological polar surface area (TPSA) is 41.9 Å². The third kappa shape index (κ3) is 4.41. The number of carbonyl (C=O) groups excluding carboxylic acids is 1. The number of hydrogen-bond donors (Lipinski definition) is 0. The minimum absolute atomic E-state index is 0.0163. The molecule has 1 aromatic heterocycles. The summed E-state index contributed by atoms with van der Waals surface area (Å²) in [5, 5.41) is 6.03. The molecule has 0 radical (unpaired) electrons. The van der Waals surface area contributed by atoms with Crippen LogP contribution in [0.25, 0.3) is 0 Å². The SMILES string of the molecule is Cc1ccccc1C1=NOC(CN(Cc2ccc(F)cc2F)C(=O)c2cccs2)C1. The van der Waals surface area contributed by atoms with Crippen LogP contribution in [0.15, 0.2) is 65.1 Å². The summed E-state index contributed by atoms with van der Waals surface area (Å²) < 4.78 is 27.5. The van der Waals surface area contributed by atoms with Gasteiger partial charge in [-0.2, -0.15) is 0 Å². The lowest BCUT2D eigenvalue weighted by atomic mass is 10.00. The molecule has 4 nitrogen and oxygen atoms in total. The van der Waals surface area contributed by atoms with Crippen LogP contribution in [0.5, 0.6) is 0 Å². The van der Waals surface area contributed by atoms with Crippen molar-refractivity contribution in [1.29, 1.82) is 0 Å². The Morgan fingerprint density at radius 3 is 2.77 bits per heavy atom. The standard InChI is InChI=1S/C23H20F2N2O2S/c1-15-5-2-3-6-19(15)21-12-18(29-26-21)14-27(23(28)22-7-4-10-30-22)13-16-8-9-17(24)11-20(16)25/h2-11,18H,12-14H2,1H3. The molecule has 3 aromatic rings. The van der Waals surface area contributed by atoms with Gasteiger partial charge in [-0.1, -0.05) is 41.6 Å². The summed E-state index contributed by atoms with van der Waals surface area (Å²) >= 11 is 1.32. The van der Waals surface area contributed by atoms with E-state index in [1.54, 1.807) is 12.1 Å². The summed E-state index contributed by atoms with van der Waals surface area (Å²) in [6.45, 7) is 2.27. The lowest BCUT2D eigenvalue weighted by molar-refractivity contribution is 0.0406. The van der Waals surface area contributed by atoms with Gasteiger partial charge >= 0.3 is 0 Å². The zero-order valence-corrected chi connectivity index (χ0v) is 17.2. The van der Waals surface area contributed by atoms with Crippen molar-refractivity contribution < 1.29 is 18.4 Å². The first kappa shape index (κ1) is 20.2. The molecule has 0 aliphatic carbocycles. The molecule has 30 heavy (non-hydrogen) atoms. The lowest BCUT2D eigenvalue weighted by Crippen LogP contribution is -2.37. The molecule has 1 amide bonds. The van der Waals surface area contributed by atoms with Crippen LogP contribution < -0.4 is 0 Å². The molecule has 4 rings (SSSR count). The minimum Gasteiger partial charge on any atom is -0.390 e. The van der Waals surface area contributed by atoms with Crippen LogP contribution in [0, 0.1) is 18.6 Å². The van der Waals surface area contributed by atoms with E-state index >= 15 is 0 Å². The van der Waals surface area contributed by atoms with E-state index in [1.807, 2.05) is 36.6 Å². The molecule has 1 aliphatic rings. The molecule has 0 spiro atoms. The monoisotopic (exact) mass is 426 g/mol. The Morgan fingerprint density at radius 2 is 2.03 bits per heavy atom. The van der Waals surface area contributed by atoms with Gasteiger partial charge in [-0.05, 0) is 30.0 Å². The van der Waals surface area contributed by atoms with Crippen LogP contribution in [0.2, 0.25) is 0 Å². The molecule has 2 heterocycles. The zero-order valence-electron chi connectivity index (χ0n) is 16.3. The highest BCUT2D eigenvalue weighted by Crippen LogP contribution is 2.23. The number of nitrogens with zero attached hydrogens (tertiary/aromatic N) is 2. The average Bonchev–Trinajstić information content (AvgIpc) is 3.41. The van der Waals surface area contributed by atoms with Crippen LogP contribution >= 0.6 is 11.3 Å². The molecule has 1 atom stereocenters. The number of amides is 1. The molecule has 0 saturated carbocycles. The maximum atomic E-state index is 14.2. The molecule has 0 fully saturated rings. The Labute approximate surface area is 177 Å². The number of thiophene rings is 1. The highest BCUT2D eigenvalue weighted by Gasteiger charge is 2.28. The fourth-order valence-electron chi connectivity index (χ4n) is 3.46. The summed E-state index contributed by atoms with van der Waals surface area (Å²) in [6, 6.07) is 14.8. The Morgan fingerprint density at radius 1 is 1.20 bits per heavy atom. The van der Waals surface area contributed by atoms with Crippen LogP contribution in [-0.2, 0) is 11.4 Å². The molecule has 154 valence electrons. The van der Waals surface area contributed by atoms with Crippen molar-refractivity contribution in [1.82, 2.24) is 4.90 Å². The van der Waals surface area contributed by atoms with Gasteiger partial charge in [0.1, 0.15) is 11.6 Å². The molecule has 7 heteroatoms. The van der Waals surface area contributed by atoms with Crippen molar-refractivity contribution in [3.8, 4) is 0 Å². The quantitative estimate of drug-likeness (QED) is 0.546. The van der Waals surface area contributed by atoms with E-state index < -0.39 is 11.6 Å². The molecular formula is C23H20F2N2O2S. The first-order valence-corrected chi connectivity index (χ1v) is 10.4. The number of oxime groups is 1. The summed E-state index contributed by atoms with van der Waals surface area (Å²) in [6.07, 6.45) is 0.206. The number of hydrogen-bond acceptors (Lipinski definition) is 4. The molecule has 0 bridgehead atoms. The van der Waals surface area contributed by atoms with Gasteiger partial charge in [0.15, 0.2) is 6.10 Å². The summed E-state index contributed by atoms with van der Waals surface area (Å²) in [7, 11) is 0. The van der Waals surface area contributed by atoms with Gasteiger partial charge in [0, 0.05) is 30.2 Å². The highest BCUT2D eigenvalue weighted by molar-refractivity contribution is 7.12. The largest absolute Gasteiger partial charge is 0.390 e. The minimum atomic E-state index is -0.678. The summed E-state index contributed by atoms with van der Waals surface area (Å²) in [4.78, 5) is 20.7. The van der Waals surface area contributed by atoms with Gasteiger partial charge in [0.05, 0.1) is 17.1 Å². The second kappa shape index (κ2) is 8.75. The number of aryl methyl sites for hydroxylation is 1. The molecule has 0 saturated heterocycles. The highest BCUT2D eigenvalue weighted by atomic mass is 32.1. The third-order valence-electron chi connectivity index (χ3n) is 5.01. The first-order chi connectivity index (χ1) is 14.5. The van der Waals surface area contributed by atoms with Crippen molar-refractivity contribution in [3.05, 3.63) is 93.2 Å². The summed E-state index contributed by atoms with van der Waals surface area (Å²) in [5.41, 5.74) is 3.19. The average molecular weight is 426 g/mol. The molecular weight excluding hydrogens is 406 g/mol. The third-order valence-corrected chi connectivity index (χ3v) is 5.87. The van der Waals surface area contributed by atoms with E-state index in [0.29, 0.717) is 11.3 Å². The molecule has 0 N–H and O–H groups in total.